The van der Waals surface area contributed by atoms with Crippen molar-refractivity contribution in [3.8, 4) is 0 Å². The normalized spacial score (nSPS) is 11.0. The third-order valence-electron chi connectivity index (χ3n) is 1.53. The highest BCUT2D eigenvalue weighted by atomic mass is 16.5. The molecule has 1 aromatic rings. The predicted molar refractivity (Wildman–Crippen MR) is 45.8 cm³/mol. The van der Waals surface area contributed by atoms with Crippen LogP contribution in [0.15, 0.2) is 4.52 Å². The molecule has 0 atom stereocenters. The first-order chi connectivity index (χ1) is 5.74. The van der Waals surface area contributed by atoms with Crippen molar-refractivity contribution in [2.24, 2.45) is 0 Å². The summed E-state index contributed by atoms with van der Waals surface area (Å²) in [6.07, 6.45) is 0. The highest BCUT2D eigenvalue weighted by Gasteiger charge is 2.07. The van der Waals surface area contributed by atoms with Gasteiger partial charge in [0.2, 0.25) is 5.89 Å². The minimum atomic E-state index is 0.337. The lowest BCUT2D eigenvalue weighted by atomic mass is 10.2. The van der Waals surface area contributed by atoms with E-state index in [1.807, 2.05) is 20.8 Å². The Balaban J connectivity index is 2.52. The molecule has 68 valence electrons. The maximum Gasteiger partial charge on any atom is 0.240 e. The minimum Gasteiger partial charge on any atom is -0.338 e. The molecular weight excluding hydrogens is 154 g/mol. The molecule has 0 aliphatic rings. The Labute approximate surface area is 72.4 Å². The zero-order valence-electron chi connectivity index (χ0n) is 7.79. The Morgan fingerprint density at radius 1 is 1.50 bits per heavy atom. The monoisotopic (exact) mass is 169 g/mol. The van der Waals surface area contributed by atoms with Gasteiger partial charge in [-0.05, 0) is 6.54 Å². The Morgan fingerprint density at radius 3 is 2.75 bits per heavy atom. The summed E-state index contributed by atoms with van der Waals surface area (Å²) < 4.78 is 5.00. The molecule has 0 fully saturated rings. The fraction of sp³-hybridized carbons (Fsp3) is 0.750. The van der Waals surface area contributed by atoms with E-state index in [-0.39, 0.29) is 0 Å². The molecule has 12 heavy (non-hydrogen) atoms. The van der Waals surface area contributed by atoms with Crippen LogP contribution in [0.5, 0.6) is 0 Å². The summed E-state index contributed by atoms with van der Waals surface area (Å²) in [4.78, 5) is 4.21. The van der Waals surface area contributed by atoms with E-state index in [4.69, 9.17) is 4.52 Å². The first-order valence-corrected chi connectivity index (χ1v) is 4.27. The molecule has 0 aromatic carbocycles. The van der Waals surface area contributed by atoms with Gasteiger partial charge in [0, 0.05) is 5.92 Å². The number of rotatable bonds is 4. The smallest absolute Gasteiger partial charge is 0.240 e. The second-order valence-electron chi connectivity index (χ2n) is 2.98. The summed E-state index contributed by atoms with van der Waals surface area (Å²) in [5.74, 6) is 1.78. The van der Waals surface area contributed by atoms with Gasteiger partial charge in [0.1, 0.15) is 0 Å². The SMILES string of the molecule is CCNCc1nc(C(C)C)no1. The van der Waals surface area contributed by atoms with Crippen LogP contribution in [0.2, 0.25) is 0 Å². The molecule has 0 unspecified atom stereocenters. The molecule has 0 spiro atoms. The van der Waals surface area contributed by atoms with Gasteiger partial charge in [-0.2, -0.15) is 4.98 Å². The summed E-state index contributed by atoms with van der Waals surface area (Å²) in [6.45, 7) is 7.71. The zero-order chi connectivity index (χ0) is 8.97. The van der Waals surface area contributed by atoms with Gasteiger partial charge in [-0.15, -0.1) is 0 Å². The van der Waals surface area contributed by atoms with Crippen LogP contribution in [-0.2, 0) is 6.54 Å². The van der Waals surface area contributed by atoms with E-state index >= 15 is 0 Å². The van der Waals surface area contributed by atoms with Gasteiger partial charge in [-0.1, -0.05) is 25.9 Å². The van der Waals surface area contributed by atoms with Crippen LogP contribution in [0.25, 0.3) is 0 Å². The van der Waals surface area contributed by atoms with Gasteiger partial charge in [-0.25, -0.2) is 0 Å². The van der Waals surface area contributed by atoms with Gasteiger partial charge in [-0.3, -0.25) is 0 Å². The maximum atomic E-state index is 5.00. The summed E-state index contributed by atoms with van der Waals surface area (Å²) >= 11 is 0. The van der Waals surface area contributed by atoms with E-state index in [2.05, 4.69) is 15.5 Å². The van der Waals surface area contributed by atoms with Crippen molar-refractivity contribution in [2.75, 3.05) is 6.54 Å². The van der Waals surface area contributed by atoms with E-state index in [0.29, 0.717) is 18.4 Å². The van der Waals surface area contributed by atoms with Crippen LogP contribution in [0, 0.1) is 0 Å². The van der Waals surface area contributed by atoms with Crippen LogP contribution in [-0.4, -0.2) is 16.7 Å². The van der Waals surface area contributed by atoms with Crippen molar-refractivity contribution in [1.82, 2.24) is 15.5 Å². The van der Waals surface area contributed by atoms with E-state index < -0.39 is 0 Å². The van der Waals surface area contributed by atoms with Crippen LogP contribution >= 0.6 is 0 Å². The van der Waals surface area contributed by atoms with E-state index in [1.54, 1.807) is 0 Å². The highest BCUT2D eigenvalue weighted by molar-refractivity contribution is 4.91. The number of hydrogen-bond acceptors (Lipinski definition) is 4. The van der Waals surface area contributed by atoms with Gasteiger partial charge >= 0.3 is 0 Å². The maximum absolute atomic E-state index is 5.00. The molecule has 0 saturated carbocycles. The van der Waals surface area contributed by atoms with Crippen LogP contribution in [0.1, 0.15) is 38.4 Å². The van der Waals surface area contributed by atoms with Crippen molar-refractivity contribution in [2.45, 2.75) is 33.2 Å². The van der Waals surface area contributed by atoms with Gasteiger partial charge in [0.15, 0.2) is 5.82 Å². The van der Waals surface area contributed by atoms with Crippen molar-refractivity contribution in [3.05, 3.63) is 11.7 Å². The average Bonchev–Trinajstić information content (AvgIpc) is 2.48. The van der Waals surface area contributed by atoms with Crippen molar-refractivity contribution >= 4 is 0 Å². The molecule has 0 aliphatic carbocycles. The van der Waals surface area contributed by atoms with Crippen LogP contribution < -0.4 is 5.32 Å². The first kappa shape index (κ1) is 9.19. The molecule has 1 aromatic heterocycles. The van der Waals surface area contributed by atoms with Gasteiger partial charge in [0.05, 0.1) is 6.54 Å². The minimum absolute atomic E-state index is 0.337. The number of aromatic nitrogens is 2. The third kappa shape index (κ3) is 2.30. The predicted octanol–water partition coefficient (Wildman–Crippen LogP) is 1.30. The summed E-state index contributed by atoms with van der Waals surface area (Å²) in [5.41, 5.74) is 0. The summed E-state index contributed by atoms with van der Waals surface area (Å²) in [5, 5.41) is 6.96. The fourth-order valence-electron chi connectivity index (χ4n) is 0.806. The van der Waals surface area contributed by atoms with E-state index in [9.17, 15) is 0 Å². The molecule has 0 bridgehead atoms. The standard InChI is InChI=1S/C8H15N3O/c1-4-9-5-7-10-8(6(2)3)11-12-7/h6,9H,4-5H2,1-3H3. The average molecular weight is 169 g/mol. The molecule has 1 N–H and O–H groups in total. The zero-order valence-corrected chi connectivity index (χ0v) is 7.79. The summed E-state index contributed by atoms with van der Waals surface area (Å²) in [7, 11) is 0. The molecule has 0 amide bonds. The number of hydrogen-bond donors (Lipinski definition) is 1. The Hall–Kier alpha value is -0.900. The van der Waals surface area contributed by atoms with E-state index in [0.717, 1.165) is 12.4 Å². The first-order valence-electron chi connectivity index (χ1n) is 4.27. The lowest BCUT2D eigenvalue weighted by Gasteiger charge is -1.93. The van der Waals surface area contributed by atoms with Crippen LogP contribution in [0.3, 0.4) is 0 Å². The molecule has 4 heteroatoms. The Kier molecular flexibility index (Phi) is 3.22. The fourth-order valence-corrected chi connectivity index (χ4v) is 0.806. The Bertz CT molecular complexity index is 232. The lowest BCUT2D eigenvalue weighted by Crippen LogP contribution is -2.11. The van der Waals surface area contributed by atoms with Crippen molar-refractivity contribution in [1.29, 1.82) is 0 Å². The summed E-state index contributed by atoms with van der Waals surface area (Å²) in [6, 6.07) is 0. The van der Waals surface area contributed by atoms with E-state index in [1.165, 1.54) is 0 Å². The van der Waals surface area contributed by atoms with Gasteiger partial charge < -0.3 is 9.84 Å². The molecule has 4 nitrogen and oxygen atoms in total. The Morgan fingerprint density at radius 2 is 2.25 bits per heavy atom. The lowest BCUT2D eigenvalue weighted by molar-refractivity contribution is 0.362. The highest BCUT2D eigenvalue weighted by Crippen LogP contribution is 2.08. The molecule has 0 saturated heterocycles. The molecule has 1 heterocycles. The van der Waals surface area contributed by atoms with Crippen molar-refractivity contribution < 1.29 is 4.52 Å². The molecule has 1 rings (SSSR count). The number of nitrogens with zero attached hydrogens (tertiary/aromatic N) is 2. The molecule has 0 radical (unpaired) electrons. The third-order valence-corrected chi connectivity index (χ3v) is 1.53. The van der Waals surface area contributed by atoms with Crippen molar-refractivity contribution in [3.63, 3.8) is 0 Å². The largest absolute Gasteiger partial charge is 0.338 e. The number of nitrogens with one attached hydrogen (secondary N) is 1. The van der Waals surface area contributed by atoms with Crippen LogP contribution in [0.4, 0.5) is 0 Å². The molecular formula is C8H15N3O. The second-order valence-corrected chi connectivity index (χ2v) is 2.98. The van der Waals surface area contributed by atoms with Gasteiger partial charge in [0.25, 0.3) is 0 Å². The second kappa shape index (κ2) is 4.21. The topological polar surface area (TPSA) is 51.0 Å². The quantitative estimate of drug-likeness (QED) is 0.738. The molecule has 0 aliphatic heterocycles.